The summed E-state index contributed by atoms with van der Waals surface area (Å²) >= 11 is 0. The molecule has 1 aromatic carbocycles. The zero-order valence-corrected chi connectivity index (χ0v) is 15.4. The van der Waals surface area contributed by atoms with Gasteiger partial charge in [0.1, 0.15) is 5.75 Å². The van der Waals surface area contributed by atoms with Gasteiger partial charge in [0.2, 0.25) is 5.88 Å². The van der Waals surface area contributed by atoms with Crippen molar-refractivity contribution in [2.24, 2.45) is 11.7 Å². The van der Waals surface area contributed by atoms with Crippen molar-refractivity contribution in [2.45, 2.75) is 32.0 Å². The normalized spacial score (nSPS) is 24.7. The molecule has 1 aliphatic heterocycles. The molecule has 144 valence electrons. The number of ether oxygens (including phenoxy) is 2. The lowest BCUT2D eigenvalue weighted by molar-refractivity contribution is -0.129. The Balaban J connectivity index is 1.78. The van der Waals surface area contributed by atoms with Gasteiger partial charge in [-0.2, -0.15) is 0 Å². The summed E-state index contributed by atoms with van der Waals surface area (Å²) < 4.78 is 25.3. The molecule has 3 N–H and O–H groups in total. The molecule has 2 aromatic rings. The first-order chi connectivity index (χ1) is 12.8. The van der Waals surface area contributed by atoms with Crippen LogP contribution in [-0.4, -0.2) is 42.2 Å². The number of nitrogens with two attached hydrogens (primary N) is 1. The number of fused-ring (bicyclic) bond motifs is 1. The van der Waals surface area contributed by atoms with Crippen LogP contribution < -0.4 is 20.5 Å². The number of methoxy groups -OCH3 is 1. The molecule has 7 nitrogen and oxygen atoms in total. The number of benzene rings is 1. The summed E-state index contributed by atoms with van der Waals surface area (Å²) in [5, 5.41) is 4.06. The summed E-state index contributed by atoms with van der Waals surface area (Å²) in [5.74, 6) is -0.938. The van der Waals surface area contributed by atoms with Crippen LogP contribution in [0.15, 0.2) is 24.4 Å². The highest BCUT2D eigenvalue weighted by atomic mass is 19.1. The Morgan fingerprint density at radius 1 is 1.44 bits per heavy atom. The van der Waals surface area contributed by atoms with E-state index >= 15 is 0 Å². The number of nitrogens with zero attached hydrogens (tertiary/aromatic N) is 1. The highest BCUT2D eigenvalue weighted by Gasteiger charge is 2.49. The van der Waals surface area contributed by atoms with Gasteiger partial charge in [-0.3, -0.25) is 9.59 Å². The summed E-state index contributed by atoms with van der Waals surface area (Å²) in [5.41, 5.74) is 3.78. The van der Waals surface area contributed by atoms with E-state index in [0.717, 1.165) is 5.39 Å². The first-order valence-electron chi connectivity index (χ1n) is 8.65. The number of aromatic nitrogens is 1. The quantitative estimate of drug-likeness (QED) is 0.803. The van der Waals surface area contributed by atoms with Crippen LogP contribution in [-0.2, 0) is 4.79 Å². The average molecular weight is 375 g/mol. The molecule has 1 saturated heterocycles. The van der Waals surface area contributed by atoms with Crippen LogP contribution in [0.4, 0.5) is 4.39 Å². The van der Waals surface area contributed by atoms with Crippen LogP contribution in [0.3, 0.4) is 0 Å². The maximum Gasteiger partial charge on any atom is 0.257 e. The van der Waals surface area contributed by atoms with Crippen LogP contribution in [0.1, 0.15) is 30.6 Å². The van der Waals surface area contributed by atoms with Crippen molar-refractivity contribution in [3.05, 3.63) is 30.0 Å². The molecule has 2 heterocycles. The van der Waals surface area contributed by atoms with Crippen LogP contribution in [0.25, 0.3) is 10.8 Å². The third kappa shape index (κ3) is 3.39. The zero-order chi connectivity index (χ0) is 19.8. The summed E-state index contributed by atoms with van der Waals surface area (Å²) in [6.07, 6.45) is 2.01. The third-order valence-corrected chi connectivity index (χ3v) is 5.20. The molecule has 0 saturated carbocycles. The molecular formula is C19H22FN3O4. The smallest absolute Gasteiger partial charge is 0.257 e. The van der Waals surface area contributed by atoms with Gasteiger partial charge in [0.05, 0.1) is 19.3 Å². The van der Waals surface area contributed by atoms with Gasteiger partial charge >= 0.3 is 0 Å². The van der Waals surface area contributed by atoms with Crippen molar-refractivity contribution >= 4 is 22.6 Å². The summed E-state index contributed by atoms with van der Waals surface area (Å²) in [6.45, 7) is 3.25. The van der Waals surface area contributed by atoms with Crippen molar-refractivity contribution in [2.75, 3.05) is 13.7 Å². The molecule has 0 unspecified atom stereocenters. The zero-order valence-electron chi connectivity index (χ0n) is 15.4. The molecule has 2 amide bonds. The van der Waals surface area contributed by atoms with Gasteiger partial charge in [0.25, 0.3) is 11.8 Å². The summed E-state index contributed by atoms with van der Waals surface area (Å²) in [4.78, 5) is 27.5. The number of alkyl halides is 1. The fourth-order valence-corrected chi connectivity index (χ4v) is 3.27. The van der Waals surface area contributed by atoms with E-state index in [1.54, 1.807) is 31.3 Å². The van der Waals surface area contributed by atoms with E-state index in [-0.39, 0.29) is 18.2 Å². The summed E-state index contributed by atoms with van der Waals surface area (Å²) in [7, 11) is 1.45. The Morgan fingerprint density at radius 3 is 2.78 bits per heavy atom. The highest BCUT2D eigenvalue weighted by molar-refractivity contribution is 6.01. The van der Waals surface area contributed by atoms with Gasteiger partial charge < -0.3 is 20.5 Å². The van der Waals surface area contributed by atoms with E-state index in [1.165, 1.54) is 14.0 Å². The second kappa shape index (κ2) is 7.02. The lowest BCUT2D eigenvalue weighted by Crippen LogP contribution is -2.33. The van der Waals surface area contributed by atoms with Crippen LogP contribution in [0, 0.1) is 5.92 Å². The van der Waals surface area contributed by atoms with Crippen LogP contribution in [0.5, 0.6) is 11.6 Å². The topological polar surface area (TPSA) is 104 Å². The Bertz CT molecular complexity index is 900. The van der Waals surface area contributed by atoms with Gasteiger partial charge in [-0.05, 0) is 30.5 Å². The Hall–Kier alpha value is -2.90. The minimum Gasteiger partial charge on any atom is -0.496 e. The SMILES string of the molecule is COc1cc2c(OCC[C@H]3NC(=O)[C@](C)(F)[C@H]3C)nccc2cc1C(N)=O. The van der Waals surface area contributed by atoms with E-state index in [9.17, 15) is 14.0 Å². The molecule has 1 aromatic heterocycles. The standard InChI is InChI=1S/C19H22FN3O4/c1-10-14(23-18(25)19(10,2)20)5-7-27-17-12-9-15(26-3)13(16(21)24)8-11(12)4-6-22-17/h4,6,8-10,14H,5,7H2,1-3H3,(H2,21,24)(H,23,25)/t10-,14+,19+/m0/s1. The van der Waals surface area contributed by atoms with E-state index in [4.69, 9.17) is 15.2 Å². The Kier molecular flexibility index (Phi) is 4.91. The van der Waals surface area contributed by atoms with Crippen LogP contribution >= 0.6 is 0 Å². The molecule has 0 radical (unpaired) electrons. The van der Waals surface area contributed by atoms with Gasteiger partial charge in [0.15, 0.2) is 5.67 Å². The predicted octanol–water partition coefficient (Wildman–Crippen LogP) is 1.97. The van der Waals surface area contributed by atoms with Gasteiger partial charge in [-0.1, -0.05) is 6.92 Å². The predicted molar refractivity (Wildman–Crippen MR) is 97.5 cm³/mol. The molecule has 0 bridgehead atoms. The molecule has 3 rings (SSSR count). The fourth-order valence-electron chi connectivity index (χ4n) is 3.27. The van der Waals surface area contributed by atoms with E-state index in [0.29, 0.717) is 23.4 Å². The molecule has 0 aliphatic carbocycles. The Labute approximate surface area is 156 Å². The number of hydrogen-bond donors (Lipinski definition) is 2. The Morgan fingerprint density at radius 2 is 2.19 bits per heavy atom. The molecule has 8 heteroatoms. The largest absolute Gasteiger partial charge is 0.496 e. The number of hydrogen-bond acceptors (Lipinski definition) is 5. The number of carbonyl (C=O) groups excluding carboxylic acids is 2. The van der Waals surface area contributed by atoms with Gasteiger partial charge in [0, 0.05) is 30.0 Å². The van der Waals surface area contributed by atoms with E-state index < -0.39 is 23.4 Å². The van der Waals surface area contributed by atoms with E-state index in [2.05, 4.69) is 10.3 Å². The van der Waals surface area contributed by atoms with Crippen molar-refractivity contribution in [1.29, 1.82) is 0 Å². The molecule has 1 fully saturated rings. The number of amides is 2. The van der Waals surface area contributed by atoms with Gasteiger partial charge in [-0.25, -0.2) is 9.37 Å². The molecule has 27 heavy (non-hydrogen) atoms. The van der Waals surface area contributed by atoms with E-state index in [1.807, 2.05) is 0 Å². The maximum atomic E-state index is 14.3. The first-order valence-corrected chi connectivity index (χ1v) is 8.65. The van der Waals surface area contributed by atoms with Crippen molar-refractivity contribution < 1.29 is 23.5 Å². The second-order valence-corrected chi connectivity index (χ2v) is 6.84. The van der Waals surface area contributed by atoms with Crippen LogP contribution in [0.2, 0.25) is 0 Å². The third-order valence-electron chi connectivity index (χ3n) is 5.20. The van der Waals surface area contributed by atoms with Crippen molar-refractivity contribution in [3.63, 3.8) is 0 Å². The number of pyridine rings is 1. The van der Waals surface area contributed by atoms with Crippen molar-refractivity contribution in [3.8, 4) is 11.6 Å². The highest BCUT2D eigenvalue weighted by Crippen LogP contribution is 2.33. The molecule has 0 spiro atoms. The number of carbonyl (C=O) groups is 2. The van der Waals surface area contributed by atoms with Crippen molar-refractivity contribution in [1.82, 2.24) is 10.3 Å². The number of rotatable bonds is 6. The lowest BCUT2D eigenvalue weighted by atomic mass is 9.90. The number of primary amides is 1. The summed E-state index contributed by atoms with van der Waals surface area (Å²) in [6, 6.07) is 4.70. The molecule has 1 aliphatic rings. The van der Waals surface area contributed by atoms with Gasteiger partial charge in [-0.15, -0.1) is 0 Å². The molecular weight excluding hydrogens is 353 g/mol. The number of halogens is 1. The minimum atomic E-state index is -1.87. The average Bonchev–Trinajstić information content (AvgIpc) is 2.83. The maximum absolute atomic E-state index is 14.3. The first kappa shape index (κ1) is 18.9. The fraction of sp³-hybridized carbons (Fsp3) is 0.421. The second-order valence-electron chi connectivity index (χ2n) is 6.84. The lowest BCUT2D eigenvalue weighted by Gasteiger charge is -2.20. The number of nitrogens with one attached hydrogen (secondary N) is 1. The molecule has 3 atom stereocenters. The monoisotopic (exact) mass is 375 g/mol. The minimum absolute atomic E-state index is 0.247.